The quantitative estimate of drug-likeness (QED) is 0.244. The molecule has 3 aliphatic rings. The van der Waals surface area contributed by atoms with Crippen LogP contribution in [0.4, 0.5) is 5.69 Å². The number of hydrogen-bond donors (Lipinski definition) is 1. The maximum atomic E-state index is 12.4. The molecule has 1 fully saturated rings. The zero-order chi connectivity index (χ0) is 27.6. The molecule has 1 N–H and O–H groups in total. The Balaban J connectivity index is 1.46. The van der Waals surface area contributed by atoms with Crippen LogP contribution in [0.2, 0.25) is 5.02 Å². The molecular formula is C31H36BrCl2NO4. The highest BCUT2D eigenvalue weighted by atomic mass is 79.9. The number of benzene rings is 2. The number of nitrogens with zero attached hydrogens (tertiary/aromatic N) is 1. The summed E-state index contributed by atoms with van der Waals surface area (Å²) in [4.78, 5) is 14.8. The molecule has 39 heavy (non-hydrogen) atoms. The number of ether oxygens (including phenoxy) is 2. The summed E-state index contributed by atoms with van der Waals surface area (Å²) in [6, 6.07) is 11.8. The Hall–Kier alpha value is -1.73. The minimum Gasteiger partial charge on any atom is -0.490 e. The van der Waals surface area contributed by atoms with Gasteiger partial charge in [-0.3, -0.25) is 0 Å². The Morgan fingerprint density at radius 3 is 2.90 bits per heavy atom. The van der Waals surface area contributed by atoms with Gasteiger partial charge in [0.05, 0.1) is 31.1 Å². The SMILES string of the molecule is COC(=O)c1ccc2c(c1)N(C[C@@H]1CC[C@H]1[C@@H](O)/C=C(\Br)CCCCl)C[C@@]1(CCCc3cc(Cl)ccc31)CO2. The predicted molar refractivity (Wildman–Crippen MR) is 161 cm³/mol. The van der Waals surface area contributed by atoms with Crippen molar-refractivity contribution >= 4 is 50.8 Å². The van der Waals surface area contributed by atoms with E-state index in [0.717, 1.165) is 79.0 Å². The van der Waals surface area contributed by atoms with E-state index in [0.29, 0.717) is 24.0 Å². The molecule has 0 amide bonds. The first-order chi connectivity index (χ1) is 18.8. The molecule has 4 atom stereocenters. The van der Waals surface area contributed by atoms with Gasteiger partial charge in [0, 0.05) is 29.4 Å². The van der Waals surface area contributed by atoms with Gasteiger partial charge in [-0.2, -0.15) is 0 Å². The van der Waals surface area contributed by atoms with Crippen molar-refractivity contribution in [1.29, 1.82) is 0 Å². The maximum Gasteiger partial charge on any atom is 0.337 e. The van der Waals surface area contributed by atoms with E-state index in [4.69, 9.17) is 32.7 Å². The van der Waals surface area contributed by atoms with Gasteiger partial charge in [0.15, 0.2) is 0 Å². The number of alkyl halides is 1. The van der Waals surface area contributed by atoms with Crippen molar-refractivity contribution in [2.45, 2.75) is 56.5 Å². The third kappa shape index (κ3) is 6.14. The lowest BCUT2D eigenvalue weighted by atomic mass is 9.68. The lowest BCUT2D eigenvalue weighted by Crippen LogP contribution is -2.49. The van der Waals surface area contributed by atoms with Crippen molar-refractivity contribution in [2.24, 2.45) is 11.8 Å². The number of fused-ring (bicyclic) bond motifs is 3. The van der Waals surface area contributed by atoms with Crippen LogP contribution in [-0.4, -0.2) is 49.9 Å². The average molecular weight is 637 g/mol. The van der Waals surface area contributed by atoms with Gasteiger partial charge in [0.1, 0.15) is 5.75 Å². The summed E-state index contributed by atoms with van der Waals surface area (Å²) in [5.41, 5.74) is 3.83. The van der Waals surface area contributed by atoms with E-state index in [2.05, 4.69) is 33.0 Å². The Labute approximate surface area is 249 Å². The molecule has 1 aliphatic heterocycles. The minimum atomic E-state index is -0.510. The van der Waals surface area contributed by atoms with E-state index in [1.807, 2.05) is 24.3 Å². The number of anilines is 1. The Morgan fingerprint density at radius 2 is 2.15 bits per heavy atom. The van der Waals surface area contributed by atoms with Crippen molar-refractivity contribution in [3.8, 4) is 5.75 Å². The Morgan fingerprint density at radius 1 is 1.31 bits per heavy atom. The van der Waals surface area contributed by atoms with E-state index in [-0.39, 0.29) is 17.3 Å². The maximum absolute atomic E-state index is 12.4. The van der Waals surface area contributed by atoms with Gasteiger partial charge in [0.25, 0.3) is 0 Å². The molecule has 2 aromatic carbocycles. The summed E-state index contributed by atoms with van der Waals surface area (Å²) >= 11 is 15.8. The van der Waals surface area contributed by atoms with Crippen LogP contribution in [0, 0.1) is 11.8 Å². The number of methoxy groups -OCH3 is 1. The second kappa shape index (κ2) is 12.4. The number of aliphatic hydroxyl groups is 1. The summed E-state index contributed by atoms with van der Waals surface area (Å²) in [6.45, 7) is 2.12. The van der Waals surface area contributed by atoms with Crippen LogP contribution in [-0.2, 0) is 16.6 Å². The van der Waals surface area contributed by atoms with Gasteiger partial charge in [-0.1, -0.05) is 33.6 Å². The second-order valence-electron chi connectivity index (χ2n) is 11.2. The van der Waals surface area contributed by atoms with Gasteiger partial charge < -0.3 is 19.5 Å². The molecular weight excluding hydrogens is 601 g/mol. The zero-order valence-electron chi connectivity index (χ0n) is 22.3. The van der Waals surface area contributed by atoms with E-state index in [1.165, 1.54) is 18.2 Å². The van der Waals surface area contributed by atoms with E-state index in [9.17, 15) is 9.90 Å². The molecule has 0 saturated heterocycles. The monoisotopic (exact) mass is 635 g/mol. The molecule has 5 rings (SSSR count). The molecule has 1 saturated carbocycles. The summed E-state index contributed by atoms with van der Waals surface area (Å²) in [5, 5.41) is 11.8. The van der Waals surface area contributed by atoms with Gasteiger partial charge >= 0.3 is 5.97 Å². The summed E-state index contributed by atoms with van der Waals surface area (Å²) in [5.74, 6) is 1.52. The summed E-state index contributed by atoms with van der Waals surface area (Å²) in [7, 11) is 1.40. The number of carbonyl (C=O) groups is 1. The van der Waals surface area contributed by atoms with Gasteiger partial charge in [0.2, 0.25) is 0 Å². The number of aliphatic hydroxyl groups excluding tert-OH is 1. The van der Waals surface area contributed by atoms with Crippen LogP contribution in [0.1, 0.15) is 60.0 Å². The molecule has 5 nitrogen and oxygen atoms in total. The number of aryl methyl sites for hydroxylation is 1. The van der Waals surface area contributed by atoms with Gasteiger partial charge in [-0.05, 0) is 109 Å². The highest BCUT2D eigenvalue weighted by Gasteiger charge is 2.44. The second-order valence-corrected chi connectivity index (χ2v) is 13.0. The Bertz CT molecular complexity index is 1240. The van der Waals surface area contributed by atoms with Crippen LogP contribution < -0.4 is 9.64 Å². The van der Waals surface area contributed by atoms with E-state index in [1.54, 1.807) is 6.07 Å². The third-order valence-electron chi connectivity index (χ3n) is 8.73. The molecule has 0 aromatic heterocycles. The normalized spacial score (nSPS) is 25.2. The smallest absolute Gasteiger partial charge is 0.337 e. The van der Waals surface area contributed by atoms with Gasteiger partial charge in [-0.15, -0.1) is 11.6 Å². The topological polar surface area (TPSA) is 59.0 Å². The fraction of sp³-hybridized carbons (Fsp3) is 0.516. The molecule has 0 radical (unpaired) electrons. The number of esters is 1. The number of carbonyl (C=O) groups excluding carboxylic acids is 1. The number of hydrogen-bond acceptors (Lipinski definition) is 5. The summed E-state index contributed by atoms with van der Waals surface area (Å²) in [6.07, 6.45) is 8.28. The standard InChI is InChI=1S/C31H36BrCl2NO4/c1-38-30(37)21-7-11-29-27(15-21)35(17-22-6-9-25(22)28(36)16-23(32)5-3-13-33)18-31(19-39-29)12-2-4-20-14-24(34)8-10-26(20)31/h7-8,10-11,14-16,22,25,28,36H,2-6,9,12-13,17-19H2,1H3/b23-16-/t22-,25+,28-,31-/m0/s1. The highest BCUT2D eigenvalue weighted by molar-refractivity contribution is 9.11. The summed E-state index contributed by atoms with van der Waals surface area (Å²) < 4.78 is 12.6. The predicted octanol–water partition coefficient (Wildman–Crippen LogP) is 7.28. The first kappa shape index (κ1) is 28.8. The Kier molecular flexibility index (Phi) is 9.17. The van der Waals surface area contributed by atoms with Crippen LogP contribution >= 0.6 is 39.1 Å². The van der Waals surface area contributed by atoms with Crippen LogP contribution in [0.25, 0.3) is 0 Å². The fourth-order valence-electron chi connectivity index (χ4n) is 6.54. The van der Waals surface area contributed by atoms with E-state index >= 15 is 0 Å². The fourth-order valence-corrected chi connectivity index (χ4v) is 7.42. The number of rotatable bonds is 8. The molecule has 0 unspecified atom stereocenters. The van der Waals surface area contributed by atoms with E-state index < -0.39 is 6.10 Å². The minimum absolute atomic E-state index is 0.179. The lowest BCUT2D eigenvalue weighted by molar-refractivity contribution is 0.0455. The first-order valence-electron chi connectivity index (χ1n) is 13.8. The first-order valence-corrected chi connectivity index (χ1v) is 15.5. The lowest BCUT2D eigenvalue weighted by Gasteiger charge is -2.45. The van der Waals surface area contributed by atoms with Crippen molar-refractivity contribution < 1.29 is 19.4 Å². The molecule has 1 spiro atoms. The van der Waals surface area contributed by atoms with Crippen molar-refractivity contribution in [3.05, 3.63) is 68.7 Å². The average Bonchev–Trinajstić information content (AvgIpc) is 3.06. The zero-order valence-corrected chi connectivity index (χ0v) is 25.4. The van der Waals surface area contributed by atoms with Gasteiger partial charge in [-0.25, -0.2) is 4.79 Å². The molecule has 2 aromatic rings. The van der Waals surface area contributed by atoms with Crippen molar-refractivity contribution in [2.75, 3.05) is 37.6 Å². The molecule has 210 valence electrons. The molecule has 0 bridgehead atoms. The third-order valence-corrected chi connectivity index (χ3v) is 9.89. The van der Waals surface area contributed by atoms with Crippen molar-refractivity contribution in [1.82, 2.24) is 0 Å². The molecule has 1 heterocycles. The van der Waals surface area contributed by atoms with Crippen LogP contribution in [0.15, 0.2) is 47.0 Å². The van der Waals surface area contributed by atoms with Crippen LogP contribution in [0.5, 0.6) is 5.75 Å². The van der Waals surface area contributed by atoms with Crippen LogP contribution in [0.3, 0.4) is 0 Å². The number of halogens is 3. The van der Waals surface area contributed by atoms with Crippen molar-refractivity contribution in [3.63, 3.8) is 0 Å². The highest BCUT2D eigenvalue weighted by Crippen LogP contribution is 2.46. The largest absolute Gasteiger partial charge is 0.490 e. The number of allylic oxidation sites excluding steroid dienone is 1. The molecule has 8 heteroatoms. The molecule has 2 aliphatic carbocycles.